The average Bonchev–Trinajstić information content (AvgIpc) is 3.19. The third kappa shape index (κ3) is 2.11. The zero-order chi connectivity index (χ0) is 15.3. The van der Waals surface area contributed by atoms with Gasteiger partial charge in [-0.3, -0.25) is 4.79 Å². The van der Waals surface area contributed by atoms with E-state index in [9.17, 15) is 14.3 Å². The second-order valence-corrected chi connectivity index (χ2v) is 6.47. The average molecular weight is 303 g/mol. The standard InChI is InChI=1S/C17H18FNO3/c18-12-3-4-14-11(6-12)7-15(22-14)17(21)19-16-10-2-1-9(5-10)13(16)8-20/h3-4,6-7,9-10,13,16,20H,1-2,5,8H2,(H,19,21). The molecule has 116 valence electrons. The molecule has 2 aromatic rings. The number of nitrogens with one attached hydrogen (secondary N) is 1. The van der Waals surface area contributed by atoms with Crippen LogP contribution in [0.15, 0.2) is 28.7 Å². The van der Waals surface area contributed by atoms with Crippen LogP contribution in [0.3, 0.4) is 0 Å². The highest BCUT2D eigenvalue weighted by molar-refractivity contribution is 5.96. The maximum absolute atomic E-state index is 13.2. The van der Waals surface area contributed by atoms with Gasteiger partial charge in [0.1, 0.15) is 11.4 Å². The van der Waals surface area contributed by atoms with E-state index in [4.69, 9.17) is 4.42 Å². The second kappa shape index (κ2) is 5.09. The monoisotopic (exact) mass is 303 g/mol. The van der Waals surface area contributed by atoms with Gasteiger partial charge in [-0.2, -0.15) is 0 Å². The maximum Gasteiger partial charge on any atom is 0.287 e. The van der Waals surface area contributed by atoms with Gasteiger partial charge in [0.05, 0.1) is 0 Å². The molecular formula is C17H18FNO3. The second-order valence-electron chi connectivity index (χ2n) is 6.47. The third-order valence-electron chi connectivity index (χ3n) is 5.30. The van der Waals surface area contributed by atoms with E-state index in [0.717, 1.165) is 19.3 Å². The summed E-state index contributed by atoms with van der Waals surface area (Å²) in [5, 5.41) is 13.2. The smallest absolute Gasteiger partial charge is 0.287 e. The first-order valence-electron chi connectivity index (χ1n) is 7.76. The summed E-state index contributed by atoms with van der Waals surface area (Å²) in [4.78, 5) is 12.4. The number of amides is 1. The predicted octanol–water partition coefficient (Wildman–Crippen LogP) is 2.71. The number of aliphatic hydroxyl groups excluding tert-OH is 1. The van der Waals surface area contributed by atoms with Gasteiger partial charge >= 0.3 is 0 Å². The van der Waals surface area contributed by atoms with Crippen LogP contribution in [0, 0.1) is 23.6 Å². The van der Waals surface area contributed by atoms with E-state index in [1.807, 2.05) is 0 Å². The van der Waals surface area contributed by atoms with Crippen molar-refractivity contribution in [2.45, 2.75) is 25.3 Å². The van der Waals surface area contributed by atoms with E-state index in [-0.39, 0.29) is 36.1 Å². The number of carbonyl (C=O) groups is 1. The van der Waals surface area contributed by atoms with Gasteiger partial charge in [0.25, 0.3) is 5.91 Å². The zero-order valence-corrected chi connectivity index (χ0v) is 12.1. The molecule has 4 atom stereocenters. The molecule has 4 rings (SSSR count). The highest BCUT2D eigenvalue weighted by Crippen LogP contribution is 2.48. The molecule has 2 fully saturated rings. The van der Waals surface area contributed by atoms with Crippen LogP contribution >= 0.6 is 0 Å². The summed E-state index contributed by atoms with van der Waals surface area (Å²) in [6.45, 7) is 0.109. The molecule has 0 saturated heterocycles. The molecule has 2 bridgehead atoms. The Labute approximate surface area is 127 Å². The lowest BCUT2D eigenvalue weighted by atomic mass is 9.85. The van der Waals surface area contributed by atoms with Crippen molar-refractivity contribution in [1.29, 1.82) is 0 Å². The third-order valence-corrected chi connectivity index (χ3v) is 5.30. The number of hydrogen-bond donors (Lipinski definition) is 2. The number of hydrogen-bond acceptors (Lipinski definition) is 3. The Hall–Kier alpha value is -1.88. The molecule has 4 unspecified atom stereocenters. The van der Waals surface area contributed by atoms with E-state index in [1.54, 1.807) is 6.07 Å². The normalized spacial score (nSPS) is 30.1. The van der Waals surface area contributed by atoms with Crippen LogP contribution in [0.1, 0.15) is 29.8 Å². The topological polar surface area (TPSA) is 62.5 Å². The van der Waals surface area contributed by atoms with Crippen LogP contribution in [0.5, 0.6) is 0 Å². The quantitative estimate of drug-likeness (QED) is 0.916. The first kappa shape index (κ1) is 13.8. The summed E-state index contributed by atoms with van der Waals surface area (Å²) in [6.07, 6.45) is 3.34. The van der Waals surface area contributed by atoms with Gasteiger partial charge in [-0.05, 0) is 55.4 Å². The molecule has 2 saturated carbocycles. The lowest BCUT2D eigenvalue weighted by molar-refractivity contribution is 0.0836. The molecule has 2 aliphatic rings. The number of furan rings is 1. The van der Waals surface area contributed by atoms with Crippen LogP contribution < -0.4 is 5.32 Å². The van der Waals surface area contributed by atoms with E-state index >= 15 is 0 Å². The Morgan fingerprint density at radius 2 is 2.14 bits per heavy atom. The van der Waals surface area contributed by atoms with Gasteiger partial charge in [0.2, 0.25) is 0 Å². The maximum atomic E-state index is 13.2. The fourth-order valence-electron chi connectivity index (χ4n) is 4.25. The Balaban J connectivity index is 1.56. The summed E-state index contributed by atoms with van der Waals surface area (Å²) < 4.78 is 18.7. The molecule has 0 radical (unpaired) electrons. The Kier molecular flexibility index (Phi) is 3.18. The number of benzene rings is 1. The van der Waals surface area contributed by atoms with Crippen molar-refractivity contribution in [2.24, 2.45) is 17.8 Å². The van der Waals surface area contributed by atoms with Crippen LogP contribution in [-0.2, 0) is 0 Å². The van der Waals surface area contributed by atoms with Gasteiger partial charge in [0.15, 0.2) is 5.76 Å². The van der Waals surface area contributed by atoms with Gasteiger partial charge in [-0.25, -0.2) is 4.39 Å². The molecule has 2 N–H and O–H groups in total. The summed E-state index contributed by atoms with van der Waals surface area (Å²) in [5.41, 5.74) is 0.498. The molecule has 5 heteroatoms. The molecule has 1 aromatic heterocycles. The summed E-state index contributed by atoms with van der Waals surface area (Å²) in [7, 11) is 0. The molecular weight excluding hydrogens is 285 g/mol. The van der Waals surface area contributed by atoms with Crippen LogP contribution in [0.2, 0.25) is 0 Å². The minimum Gasteiger partial charge on any atom is -0.451 e. The van der Waals surface area contributed by atoms with Crippen molar-refractivity contribution in [2.75, 3.05) is 6.61 Å². The molecule has 1 aromatic carbocycles. The van der Waals surface area contributed by atoms with Crippen molar-refractivity contribution in [1.82, 2.24) is 5.32 Å². The lowest BCUT2D eigenvalue weighted by Gasteiger charge is -2.30. The number of halogens is 1. The number of rotatable bonds is 3. The highest BCUT2D eigenvalue weighted by Gasteiger charge is 2.47. The molecule has 1 amide bonds. The number of carbonyl (C=O) groups excluding carboxylic acids is 1. The van der Waals surface area contributed by atoms with Crippen molar-refractivity contribution in [3.8, 4) is 0 Å². The first-order chi connectivity index (χ1) is 10.7. The number of aliphatic hydroxyl groups is 1. The number of fused-ring (bicyclic) bond motifs is 3. The Bertz CT molecular complexity index is 726. The predicted molar refractivity (Wildman–Crippen MR) is 78.8 cm³/mol. The summed E-state index contributed by atoms with van der Waals surface area (Å²) in [6, 6.07) is 5.76. The van der Waals surface area contributed by atoms with Crippen molar-refractivity contribution >= 4 is 16.9 Å². The van der Waals surface area contributed by atoms with Crippen LogP contribution in [0.4, 0.5) is 4.39 Å². The first-order valence-corrected chi connectivity index (χ1v) is 7.76. The Morgan fingerprint density at radius 3 is 2.95 bits per heavy atom. The largest absolute Gasteiger partial charge is 0.451 e. The van der Waals surface area contributed by atoms with E-state index in [1.165, 1.54) is 18.2 Å². The van der Waals surface area contributed by atoms with Gasteiger partial charge < -0.3 is 14.8 Å². The molecule has 0 aliphatic heterocycles. The van der Waals surface area contributed by atoms with Crippen molar-refractivity contribution in [3.05, 3.63) is 35.8 Å². The van der Waals surface area contributed by atoms with E-state index in [2.05, 4.69) is 5.32 Å². The summed E-state index contributed by atoms with van der Waals surface area (Å²) >= 11 is 0. The Morgan fingerprint density at radius 1 is 1.32 bits per heavy atom. The van der Waals surface area contributed by atoms with Crippen molar-refractivity contribution in [3.63, 3.8) is 0 Å². The minimum atomic E-state index is -0.353. The SMILES string of the molecule is O=C(NC1C2CCC(C2)C1CO)c1cc2cc(F)ccc2o1. The fraction of sp³-hybridized carbons (Fsp3) is 0.471. The van der Waals surface area contributed by atoms with Gasteiger partial charge in [-0.1, -0.05) is 0 Å². The molecule has 22 heavy (non-hydrogen) atoms. The van der Waals surface area contributed by atoms with Crippen molar-refractivity contribution < 1.29 is 18.7 Å². The zero-order valence-electron chi connectivity index (χ0n) is 12.1. The molecule has 2 aliphatic carbocycles. The van der Waals surface area contributed by atoms with E-state index < -0.39 is 0 Å². The minimum absolute atomic E-state index is 0.0150. The van der Waals surface area contributed by atoms with Crippen LogP contribution in [0.25, 0.3) is 11.0 Å². The molecule has 0 spiro atoms. The van der Waals surface area contributed by atoms with E-state index in [0.29, 0.717) is 22.8 Å². The van der Waals surface area contributed by atoms with Gasteiger partial charge in [0, 0.05) is 24.0 Å². The van der Waals surface area contributed by atoms with Gasteiger partial charge in [-0.15, -0.1) is 0 Å². The fourth-order valence-corrected chi connectivity index (χ4v) is 4.25. The summed E-state index contributed by atoms with van der Waals surface area (Å²) in [5.74, 6) is 0.670. The molecule has 4 nitrogen and oxygen atoms in total. The highest BCUT2D eigenvalue weighted by atomic mass is 19.1. The lowest BCUT2D eigenvalue weighted by Crippen LogP contribution is -2.45. The molecule has 1 heterocycles. The van der Waals surface area contributed by atoms with Crippen LogP contribution in [-0.4, -0.2) is 23.7 Å².